The van der Waals surface area contributed by atoms with Gasteiger partial charge in [-0.3, -0.25) is 0 Å². The van der Waals surface area contributed by atoms with Crippen LogP contribution in [0.2, 0.25) is 0 Å². The number of fused-ring (bicyclic) bond motifs is 2. The van der Waals surface area contributed by atoms with Gasteiger partial charge in [-0.05, 0) is 51.1 Å². The Kier molecular flexibility index (Phi) is 4.26. The van der Waals surface area contributed by atoms with E-state index in [-0.39, 0.29) is 0 Å². The second kappa shape index (κ2) is 5.50. The van der Waals surface area contributed by atoms with E-state index in [4.69, 9.17) is 0 Å². The predicted molar refractivity (Wildman–Crippen MR) is 69.6 cm³/mol. The van der Waals surface area contributed by atoms with Crippen LogP contribution >= 0.6 is 0 Å². The molecule has 2 aliphatic rings. The fourth-order valence-corrected chi connectivity index (χ4v) is 3.74. The fourth-order valence-electron chi connectivity index (χ4n) is 3.74. The molecular weight excluding hydrogens is 196 g/mol. The Morgan fingerprint density at radius 3 is 2.44 bits per heavy atom. The van der Waals surface area contributed by atoms with Crippen molar-refractivity contribution in [3.05, 3.63) is 0 Å². The van der Waals surface area contributed by atoms with Gasteiger partial charge in [-0.1, -0.05) is 20.3 Å². The fraction of sp³-hybridized carbons (Fsp3) is 1.00. The summed E-state index contributed by atoms with van der Waals surface area (Å²) in [4.78, 5) is 2.52. The molecule has 2 heteroatoms. The molecule has 2 rings (SSSR count). The highest BCUT2D eigenvalue weighted by Crippen LogP contribution is 2.44. The first kappa shape index (κ1) is 12.4. The Hall–Kier alpha value is -0.0800. The highest BCUT2D eigenvalue weighted by Gasteiger charge is 2.39. The van der Waals surface area contributed by atoms with Gasteiger partial charge < -0.3 is 10.2 Å². The molecule has 0 saturated heterocycles. The Bertz CT molecular complexity index is 213. The number of nitrogens with zero attached hydrogens (tertiary/aromatic N) is 1. The quantitative estimate of drug-likeness (QED) is 0.746. The molecule has 4 atom stereocenters. The lowest BCUT2D eigenvalue weighted by Crippen LogP contribution is -2.45. The largest absolute Gasteiger partial charge is 0.310 e. The maximum Gasteiger partial charge on any atom is 0.0169 e. The zero-order chi connectivity index (χ0) is 11.5. The number of likely N-dealkylation sites (N-methyl/N-ethyl adjacent to an activating group) is 1. The number of hydrogen-bond donors (Lipinski definition) is 1. The van der Waals surface area contributed by atoms with Crippen LogP contribution in [0.25, 0.3) is 0 Å². The van der Waals surface area contributed by atoms with Crippen molar-refractivity contribution < 1.29 is 0 Å². The highest BCUT2D eigenvalue weighted by atomic mass is 15.1. The monoisotopic (exact) mass is 224 g/mol. The molecule has 2 fully saturated rings. The van der Waals surface area contributed by atoms with Gasteiger partial charge in [-0.15, -0.1) is 0 Å². The number of hydrogen-bond acceptors (Lipinski definition) is 2. The van der Waals surface area contributed by atoms with E-state index in [1.165, 1.54) is 45.3 Å². The maximum absolute atomic E-state index is 3.87. The molecule has 0 heterocycles. The first-order valence-corrected chi connectivity index (χ1v) is 7.21. The van der Waals surface area contributed by atoms with Gasteiger partial charge in [0.25, 0.3) is 0 Å². The average Bonchev–Trinajstić information content (AvgIpc) is 2.87. The second-order valence-corrected chi connectivity index (χ2v) is 5.83. The molecule has 0 aromatic carbocycles. The van der Waals surface area contributed by atoms with Gasteiger partial charge in [0.15, 0.2) is 0 Å². The lowest BCUT2D eigenvalue weighted by Gasteiger charge is -2.30. The minimum absolute atomic E-state index is 0.657. The molecule has 0 aromatic rings. The third-order valence-electron chi connectivity index (χ3n) is 4.66. The molecule has 2 bridgehead atoms. The van der Waals surface area contributed by atoms with Crippen LogP contribution in [-0.2, 0) is 0 Å². The maximum atomic E-state index is 3.87. The molecule has 0 spiro atoms. The third-order valence-corrected chi connectivity index (χ3v) is 4.66. The molecule has 0 radical (unpaired) electrons. The minimum Gasteiger partial charge on any atom is -0.310 e. The minimum atomic E-state index is 0.657. The van der Waals surface area contributed by atoms with Crippen molar-refractivity contribution >= 4 is 0 Å². The van der Waals surface area contributed by atoms with E-state index in [1.54, 1.807) is 0 Å². The van der Waals surface area contributed by atoms with Crippen LogP contribution in [-0.4, -0.2) is 36.6 Å². The lowest BCUT2D eigenvalue weighted by atomic mass is 9.95. The van der Waals surface area contributed by atoms with Gasteiger partial charge in [-0.25, -0.2) is 0 Å². The molecule has 4 unspecified atom stereocenters. The van der Waals surface area contributed by atoms with Gasteiger partial charge in [0.05, 0.1) is 0 Å². The first-order valence-electron chi connectivity index (χ1n) is 7.21. The molecule has 16 heavy (non-hydrogen) atoms. The van der Waals surface area contributed by atoms with E-state index in [2.05, 4.69) is 31.0 Å². The van der Waals surface area contributed by atoms with Crippen LogP contribution in [0.5, 0.6) is 0 Å². The molecule has 1 N–H and O–H groups in total. The summed E-state index contributed by atoms with van der Waals surface area (Å²) in [5, 5.41) is 3.87. The van der Waals surface area contributed by atoms with E-state index in [0.717, 1.165) is 17.9 Å². The Morgan fingerprint density at radius 1 is 1.19 bits per heavy atom. The van der Waals surface area contributed by atoms with E-state index >= 15 is 0 Å². The Morgan fingerprint density at radius 2 is 1.94 bits per heavy atom. The standard InChI is InChI=1S/C14H28N2/c1-4-16(5-2)10-11(3)15-14-9-12-6-7-13(14)8-12/h11-15H,4-10H2,1-3H3. The SMILES string of the molecule is CCN(CC)CC(C)NC1CC2CCC1C2. The van der Waals surface area contributed by atoms with Gasteiger partial charge in [-0.2, -0.15) is 0 Å². The van der Waals surface area contributed by atoms with Crippen LogP contribution < -0.4 is 5.32 Å². The van der Waals surface area contributed by atoms with E-state index in [9.17, 15) is 0 Å². The molecular formula is C14H28N2. The molecule has 94 valence electrons. The van der Waals surface area contributed by atoms with Crippen molar-refractivity contribution in [1.29, 1.82) is 0 Å². The van der Waals surface area contributed by atoms with Crippen molar-refractivity contribution in [3.8, 4) is 0 Å². The average molecular weight is 224 g/mol. The van der Waals surface area contributed by atoms with E-state index in [0.29, 0.717) is 6.04 Å². The highest BCUT2D eigenvalue weighted by molar-refractivity contribution is 4.95. The van der Waals surface area contributed by atoms with Crippen LogP contribution in [0.3, 0.4) is 0 Å². The molecule has 0 aliphatic heterocycles. The van der Waals surface area contributed by atoms with Gasteiger partial charge in [0, 0.05) is 18.6 Å². The topological polar surface area (TPSA) is 15.3 Å². The van der Waals surface area contributed by atoms with Gasteiger partial charge in [0.2, 0.25) is 0 Å². The summed E-state index contributed by atoms with van der Waals surface area (Å²) in [5.74, 6) is 2.06. The zero-order valence-corrected chi connectivity index (χ0v) is 11.2. The van der Waals surface area contributed by atoms with Crippen LogP contribution in [0, 0.1) is 11.8 Å². The summed E-state index contributed by atoms with van der Waals surface area (Å²) in [6, 6.07) is 1.49. The van der Waals surface area contributed by atoms with Crippen molar-refractivity contribution in [2.45, 2.75) is 58.5 Å². The molecule has 0 amide bonds. The first-order chi connectivity index (χ1) is 7.72. The second-order valence-electron chi connectivity index (χ2n) is 5.83. The lowest BCUT2D eigenvalue weighted by molar-refractivity contribution is 0.242. The summed E-state index contributed by atoms with van der Waals surface area (Å²) >= 11 is 0. The Balaban J connectivity index is 1.72. The predicted octanol–water partition coefficient (Wildman–Crippen LogP) is 2.49. The Labute approximate surface area is 101 Å². The smallest absolute Gasteiger partial charge is 0.0169 e. The van der Waals surface area contributed by atoms with E-state index < -0.39 is 0 Å². The number of nitrogens with one attached hydrogen (secondary N) is 1. The van der Waals surface area contributed by atoms with Gasteiger partial charge >= 0.3 is 0 Å². The van der Waals surface area contributed by atoms with Crippen molar-refractivity contribution in [2.24, 2.45) is 11.8 Å². The number of rotatable bonds is 6. The summed E-state index contributed by atoms with van der Waals surface area (Å²) in [7, 11) is 0. The molecule has 2 saturated carbocycles. The summed E-state index contributed by atoms with van der Waals surface area (Å²) < 4.78 is 0. The molecule has 2 aliphatic carbocycles. The van der Waals surface area contributed by atoms with Gasteiger partial charge in [0.1, 0.15) is 0 Å². The van der Waals surface area contributed by atoms with Crippen LogP contribution in [0.4, 0.5) is 0 Å². The summed E-state index contributed by atoms with van der Waals surface area (Å²) in [6.07, 6.45) is 5.95. The van der Waals surface area contributed by atoms with Crippen molar-refractivity contribution in [3.63, 3.8) is 0 Å². The summed E-state index contributed by atoms with van der Waals surface area (Å²) in [6.45, 7) is 10.4. The molecule has 2 nitrogen and oxygen atoms in total. The zero-order valence-electron chi connectivity index (χ0n) is 11.2. The summed E-state index contributed by atoms with van der Waals surface area (Å²) in [5.41, 5.74) is 0. The molecule has 0 aromatic heterocycles. The van der Waals surface area contributed by atoms with Crippen molar-refractivity contribution in [2.75, 3.05) is 19.6 Å². The van der Waals surface area contributed by atoms with Crippen LogP contribution in [0.1, 0.15) is 46.5 Å². The normalized spacial score (nSPS) is 34.9. The third kappa shape index (κ3) is 2.78. The van der Waals surface area contributed by atoms with E-state index in [1.807, 2.05) is 0 Å². The van der Waals surface area contributed by atoms with Crippen LogP contribution in [0.15, 0.2) is 0 Å². The van der Waals surface area contributed by atoms with Crippen molar-refractivity contribution in [1.82, 2.24) is 10.2 Å².